The Labute approximate surface area is 138 Å². The van der Waals surface area contributed by atoms with Crippen LogP contribution in [0.3, 0.4) is 0 Å². The number of amides is 1. The lowest BCUT2D eigenvalue weighted by Crippen LogP contribution is -2.49. The van der Waals surface area contributed by atoms with E-state index in [4.69, 9.17) is 9.47 Å². The monoisotopic (exact) mass is 318 g/mol. The van der Waals surface area contributed by atoms with Crippen molar-refractivity contribution in [2.75, 3.05) is 26.3 Å². The van der Waals surface area contributed by atoms with Gasteiger partial charge >= 0.3 is 0 Å². The van der Waals surface area contributed by atoms with Crippen molar-refractivity contribution in [1.29, 1.82) is 0 Å². The van der Waals surface area contributed by atoms with Gasteiger partial charge in [0.05, 0.1) is 12.2 Å². The van der Waals surface area contributed by atoms with Gasteiger partial charge in [0.15, 0.2) is 0 Å². The van der Waals surface area contributed by atoms with Gasteiger partial charge in [-0.15, -0.1) is 0 Å². The molecule has 0 aromatic carbocycles. The van der Waals surface area contributed by atoms with Crippen molar-refractivity contribution in [3.63, 3.8) is 0 Å². The van der Waals surface area contributed by atoms with Gasteiger partial charge in [-0.1, -0.05) is 6.07 Å². The van der Waals surface area contributed by atoms with E-state index in [2.05, 4.69) is 4.98 Å². The Kier molecular flexibility index (Phi) is 5.28. The predicted molar refractivity (Wildman–Crippen MR) is 86.8 cm³/mol. The molecule has 1 aromatic rings. The van der Waals surface area contributed by atoms with E-state index in [1.807, 2.05) is 23.2 Å². The van der Waals surface area contributed by atoms with Gasteiger partial charge in [0, 0.05) is 45.6 Å². The molecular weight excluding hydrogens is 292 g/mol. The van der Waals surface area contributed by atoms with E-state index in [0.29, 0.717) is 12.5 Å². The predicted octanol–water partition coefficient (Wildman–Crippen LogP) is 2.41. The van der Waals surface area contributed by atoms with Crippen LogP contribution in [0.5, 0.6) is 0 Å². The van der Waals surface area contributed by atoms with Crippen molar-refractivity contribution in [2.45, 2.75) is 44.8 Å². The third kappa shape index (κ3) is 3.90. The zero-order valence-corrected chi connectivity index (χ0v) is 13.9. The highest BCUT2D eigenvalue weighted by Gasteiger charge is 2.46. The van der Waals surface area contributed by atoms with E-state index < -0.39 is 0 Å². The molecular formula is C18H26N2O3. The average Bonchev–Trinajstić information content (AvgIpc) is 2.95. The summed E-state index contributed by atoms with van der Waals surface area (Å²) in [7, 11) is 0. The zero-order valence-electron chi connectivity index (χ0n) is 13.9. The van der Waals surface area contributed by atoms with Gasteiger partial charge in [-0.25, -0.2) is 0 Å². The Balaban J connectivity index is 1.45. The molecule has 0 aliphatic carbocycles. The largest absolute Gasteiger partial charge is 0.377 e. The Hall–Kier alpha value is -1.46. The number of hydrogen-bond acceptors (Lipinski definition) is 4. The fraction of sp³-hybridized carbons (Fsp3) is 0.667. The molecule has 0 bridgehead atoms. The molecule has 0 radical (unpaired) electrons. The lowest BCUT2D eigenvalue weighted by atomic mass is 9.78. The second-order valence-corrected chi connectivity index (χ2v) is 6.61. The summed E-state index contributed by atoms with van der Waals surface area (Å²) in [4.78, 5) is 17.5. The Morgan fingerprint density at radius 3 is 3.00 bits per heavy atom. The van der Waals surface area contributed by atoms with Crippen LogP contribution < -0.4 is 0 Å². The molecule has 1 aromatic heterocycles. The summed E-state index contributed by atoms with van der Waals surface area (Å²) < 4.78 is 11.9. The molecule has 2 fully saturated rings. The number of likely N-dealkylation sites (tertiary alicyclic amines) is 1. The zero-order chi connectivity index (χ0) is 16.1. The quantitative estimate of drug-likeness (QED) is 0.782. The molecule has 3 heterocycles. The minimum atomic E-state index is -0.0242. The first-order valence-electron chi connectivity index (χ1n) is 8.56. The van der Waals surface area contributed by atoms with Crippen molar-refractivity contribution in [3.05, 3.63) is 30.1 Å². The van der Waals surface area contributed by atoms with Crippen LogP contribution in [0.4, 0.5) is 0 Å². The van der Waals surface area contributed by atoms with E-state index >= 15 is 0 Å². The number of ether oxygens (including phenoxy) is 2. The van der Waals surface area contributed by atoms with Crippen LogP contribution in [0.15, 0.2) is 24.5 Å². The van der Waals surface area contributed by atoms with Gasteiger partial charge in [-0.2, -0.15) is 0 Å². The number of rotatable bonds is 5. The second-order valence-electron chi connectivity index (χ2n) is 6.61. The minimum absolute atomic E-state index is 0.0242. The third-order valence-corrected chi connectivity index (χ3v) is 5.26. The molecule has 1 atom stereocenters. The molecule has 2 saturated heterocycles. The van der Waals surface area contributed by atoms with E-state index in [9.17, 15) is 4.79 Å². The molecule has 0 saturated carbocycles. The second kappa shape index (κ2) is 7.41. The van der Waals surface area contributed by atoms with Crippen LogP contribution in [-0.4, -0.2) is 47.7 Å². The highest BCUT2D eigenvalue weighted by molar-refractivity contribution is 5.73. The van der Waals surface area contributed by atoms with Gasteiger partial charge in [-0.3, -0.25) is 9.78 Å². The van der Waals surface area contributed by atoms with E-state index in [-0.39, 0.29) is 11.5 Å². The standard InChI is InChI=1S/C18H26N2O3/c1-15(21)20-9-6-18(7-10-20)17(5-12-23-18)4-11-22-14-16-3-2-8-19-13-16/h2-3,8,13,17H,4-7,9-12,14H2,1H3. The molecule has 2 aliphatic heterocycles. The molecule has 5 heteroatoms. The first kappa shape index (κ1) is 16.4. The van der Waals surface area contributed by atoms with E-state index in [1.54, 1.807) is 13.1 Å². The number of hydrogen-bond donors (Lipinski definition) is 0. The smallest absolute Gasteiger partial charge is 0.219 e. The molecule has 1 amide bonds. The van der Waals surface area contributed by atoms with Gasteiger partial charge < -0.3 is 14.4 Å². The Morgan fingerprint density at radius 2 is 2.30 bits per heavy atom. The van der Waals surface area contributed by atoms with Crippen LogP contribution >= 0.6 is 0 Å². The van der Waals surface area contributed by atoms with Crippen LogP contribution in [0.25, 0.3) is 0 Å². The number of aromatic nitrogens is 1. The highest BCUT2D eigenvalue weighted by atomic mass is 16.5. The first-order valence-corrected chi connectivity index (χ1v) is 8.56. The van der Waals surface area contributed by atoms with Crippen molar-refractivity contribution in [2.24, 2.45) is 5.92 Å². The molecule has 3 rings (SSSR count). The van der Waals surface area contributed by atoms with E-state index in [0.717, 1.165) is 57.6 Å². The van der Waals surface area contributed by atoms with E-state index in [1.165, 1.54) is 0 Å². The first-order chi connectivity index (χ1) is 11.2. The number of nitrogens with zero attached hydrogens (tertiary/aromatic N) is 2. The summed E-state index contributed by atoms with van der Waals surface area (Å²) in [6.45, 7) is 5.50. The van der Waals surface area contributed by atoms with Gasteiger partial charge in [-0.05, 0) is 43.2 Å². The molecule has 0 N–H and O–H groups in total. The molecule has 1 spiro atoms. The molecule has 5 nitrogen and oxygen atoms in total. The highest BCUT2D eigenvalue weighted by Crippen LogP contribution is 2.42. The van der Waals surface area contributed by atoms with Gasteiger partial charge in [0.2, 0.25) is 5.91 Å². The normalized spacial score (nSPS) is 23.3. The van der Waals surface area contributed by atoms with Crippen molar-refractivity contribution in [3.8, 4) is 0 Å². The Morgan fingerprint density at radius 1 is 1.48 bits per heavy atom. The van der Waals surface area contributed by atoms with Crippen molar-refractivity contribution in [1.82, 2.24) is 9.88 Å². The SMILES string of the molecule is CC(=O)N1CCC2(CC1)OCCC2CCOCc1cccnc1. The van der Waals surface area contributed by atoms with Crippen LogP contribution in [0.1, 0.15) is 38.2 Å². The molecule has 1 unspecified atom stereocenters. The minimum Gasteiger partial charge on any atom is -0.377 e. The number of pyridine rings is 1. The maximum atomic E-state index is 11.5. The summed E-state index contributed by atoms with van der Waals surface area (Å²) in [5.41, 5.74) is 1.09. The fourth-order valence-corrected chi connectivity index (χ4v) is 3.84. The van der Waals surface area contributed by atoms with Crippen molar-refractivity contribution >= 4 is 5.91 Å². The maximum Gasteiger partial charge on any atom is 0.219 e. The maximum absolute atomic E-state index is 11.5. The average molecular weight is 318 g/mol. The summed E-state index contributed by atoms with van der Waals surface area (Å²) >= 11 is 0. The Bertz CT molecular complexity index is 512. The lowest BCUT2D eigenvalue weighted by Gasteiger charge is -2.42. The summed E-state index contributed by atoms with van der Waals surface area (Å²) in [5.74, 6) is 0.722. The summed E-state index contributed by atoms with van der Waals surface area (Å²) in [5, 5.41) is 0. The third-order valence-electron chi connectivity index (χ3n) is 5.26. The summed E-state index contributed by atoms with van der Waals surface area (Å²) in [6.07, 6.45) is 7.67. The fourth-order valence-electron chi connectivity index (χ4n) is 3.84. The molecule has 126 valence electrons. The number of carbonyl (C=O) groups excluding carboxylic acids is 1. The van der Waals surface area contributed by atoms with Gasteiger partial charge in [0.25, 0.3) is 0 Å². The topological polar surface area (TPSA) is 51.7 Å². The van der Waals surface area contributed by atoms with Gasteiger partial charge in [0.1, 0.15) is 0 Å². The lowest BCUT2D eigenvalue weighted by molar-refractivity contribution is -0.135. The molecule has 2 aliphatic rings. The molecule has 23 heavy (non-hydrogen) atoms. The number of carbonyl (C=O) groups is 1. The number of piperidine rings is 1. The van der Waals surface area contributed by atoms with Crippen LogP contribution in [0.2, 0.25) is 0 Å². The summed E-state index contributed by atoms with van der Waals surface area (Å²) in [6, 6.07) is 3.96. The van der Waals surface area contributed by atoms with Crippen LogP contribution in [-0.2, 0) is 20.9 Å². The van der Waals surface area contributed by atoms with Crippen LogP contribution in [0, 0.1) is 5.92 Å². The van der Waals surface area contributed by atoms with Crippen molar-refractivity contribution < 1.29 is 14.3 Å².